The first-order valence-electron chi connectivity index (χ1n) is 11.5. The lowest BCUT2D eigenvalue weighted by Gasteiger charge is -2.33. The van der Waals surface area contributed by atoms with Gasteiger partial charge in [-0.2, -0.15) is 4.31 Å². The third-order valence-electron chi connectivity index (χ3n) is 6.42. The first kappa shape index (κ1) is 23.2. The van der Waals surface area contributed by atoms with Crippen molar-refractivity contribution < 1.29 is 13.2 Å². The molecule has 2 fully saturated rings. The first-order valence-corrected chi connectivity index (χ1v) is 13.0. The summed E-state index contributed by atoms with van der Waals surface area (Å²) < 4.78 is 27.7. The second-order valence-corrected chi connectivity index (χ2v) is 10.8. The highest BCUT2D eigenvalue weighted by atomic mass is 32.2. The average Bonchev–Trinajstić information content (AvgIpc) is 2.75. The zero-order chi connectivity index (χ0) is 21.6. The van der Waals surface area contributed by atoms with E-state index in [9.17, 15) is 13.2 Å². The van der Waals surface area contributed by atoms with Gasteiger partial charge in [0.05, 0.1) is 11.4 Å². The fraction of sp³-hybridized carbons (Fsp3) is 0.696. The summed E-state index contributed by atoms with van der Waals surface area (Å²) in [5, 5.41) is 3.02. The van der Waals surface area contributed by atoms with Gasteiger partial charge in [0.15, 0.2) is 0 Å². The maximum Gasteiger partial charge on any atom is 0.243 e. The molecule has 1 aliphatic heterocycles. The molecule has 0 unspecified atom stereocenters. The van der Waals surface area contributed by atoms with Crippen LogP contribution in [0, 0.1) is 0 Å². The van der Waals surface area contributed by atoms with Crippen LogP contribution in [0.1, 0.15) is 70.3 Å². The quantitative estimate of drug-likeness (QED) is 0.680. The van der Waals surface area contributed by atoms with Crippen LogP contribution in [-0.2, 0) is 14.8 Å². The third kappa shape index (κ3) is 6.05. The standard InChI is InChI=1S/C23H37N3O3S/c1-3-7-19(2)24-23(27)18-25-14-16-26(17-15-25)30(28,29)22-12-10-21(11-13-22)20-8-5-4-6-9-20/h10-13,19-20H,3-9,14-18H2,1-2H3,(H,24,27)/t19-/m0/s1. The molecule has 3 rings (SSSR count). The highest BCUT2D eigenvalue weighted by molar-refractivity contribution is 7.89. The minimum absolute atomic E-state index is 0.0190. The van der Waals surface area contributed by atoms with E-state index in [4.69, 9.17) is 0 Å². The highest BCUT2D eigenvalue weighted by Gasteiger charge is 2.29. The SMILES string of the molecule is CCC[C@H](C)NC(=O)CN1CCN(S(=O)(=O)c2ccc(C3CCCCC3)cc2)CC1. The number of hydrogen-bond acceptors (Lipinski definition) is 4. The van der Waals surface area contributed by atoms with E-state index in [1.165, 1.54) is 37.7 Å². The Hall–Kier alpha value is -1.44. The number of nitrogens with zero attached hydrogens (tertiary/aromatic N) is 2. The normalized spacial score (nSPS) is 20.7. The molecule has 0 radical (unpaired) electrons. The molecule has 0 aromatic heterocycles. The molecule has 7 heteroatoms. The van der Waals surface area contributed by atoms with Crippen LogP contribution in [0.4, 0.5) is 0 Å². The van der Waals surface area contributed by atoms with Crippen molar-refractivity contribution in [1.29, 1.82) is 0 Å². The van der Waals surface area contributed by atoms with Crippen molar-refractivity contribution in [2.45, 2.75) is 75.6 Å². The molecule has 1 aliphatic carbocycles. The minimum Gasteiger partial charge on any atom is -0.353 e. The van der Waals surface area contributed by atoms with Crippen LogP contribution in [0.3, 0.4) is 0 Å². The smallest absolute Gasteiger partial charge is 0.243 e. The molecule has 2 aliphatic rings. The molecular formula is C23H37N3O3S. The lowest BCUT2D eigenvalue weighted by molar-refractivity contribution is -0.123. The summed E-state index contributed by atoms with van der Waals surface area (Å²) >= 11 is 0. The molecular weight excluding hydrogens is 398 g/mol. The van der Waals surface area contributed by atoms with E-state index in [1.807, 2.05) is 24.0 Å². The van der Waals surface area contributed by atoms with Crippen molar-refractivity contribution >= 4 is 15.9 Å². The molecule has 6 nitrogen and oxygen atoms in total. The predicted molar refractivity (Wildman–Crippen MR) is 120 cm³/mol. The summed E-state index contributed by atoms with van der Waals surface area (Å²) in [5.41, 5.74) is 1.27. The summed E-state index contributed by atoms with van der Waals surface area (Å²) in [4.78, 5) is 14.6. The van der Waals surface area contributed by atoms with Gasteiger partial charge in [-0.15, -0.1) is 0 Å². The lowest BCUT2D eigenvalue weighted by atomic mass is 9.84. The van der Waals surface area contributed by atoms with E-state index in [2.05, 4.69) is 12.2 Å². The van der Waals surface area contributed by atoms with E-state index in [1.54, 1.807) is 16.4 Å². The van der Waals surface area contributed by atoms with Gasteiger partial charge in [0.25, 0.3) is 0 Å². The number of rotatable bonds is 8. The molecule has 0 bridgehead atoms. The number of carbonyl (C=O) groups excluding carboxylic acids is 1. The summed E-state index contributed by atoms with van der Waals surface area (Å²) in [6.45, 7) is 6.45. The van der Waals surface area contributed by atoms with Crippen LogP contribution in [0.15, 0.2) is 29.2 Å². The summed E-state index contributed by atoms with van der Waals surface area (Å²) in [5.74, 6) is 0.593. The third-order valence-corrected chi connectivity index (χ3v) is 8.33. The zero-order valence-corrected chi connectivity index (χ0v) is 19.3. The van der Waals surface area contributed by atoms with Gasteiger partial charge in [0.2, 0.25) is 15.9 Å². The van der Waals surface area contributed by atoms with Gasteiger partial charge in [-0.1, -0.05) is 44.7 Å². The monoisotopic (exact) mass is 435 g/mol. The molecule has 1 heterocycles. The summed E-state index contributed by atoms with van der Waals surface area (Å²) in [7, 11) is -3.48. The Morgan fingerprint density at radius 1 is 1.07 bits per heavy atom. The fourth-order valence-corrected chi connectivity index (χ4v) is 6.08. The molecule has 0 spiro atoms. The number of sulfonamides is 1. The first-order chi connectivity index (χ1) is 14.4. The topological polar surface area (TPSA) is 69.7 Å². The van der Waals surface area contributed by atoms with Crippen LogP contribution in [0.5, 0.6) is 0 Å². The number of benzene rings is 1. The van der Waals surface area contributed by atoms with Gasteiger partial charge in [0, 0.05) is 32.2 Å². The number of piperazine rings is 1. The van der Waals surface area contributed by atoms with Gasteiger partial charge in [-0.05, 0) is 49.8 Å². The Morgan fingerprint density at radius 3 is 2.30 bits per heavy atom. The Morgan fingerprint density at radius 2 is 1.70 bits per heavy atom. The molecule has 168 valence electrons. The van der Waals surface area contributed by atoms with Crippen LogP contribution in [-0.4, -0.2) is 62.3 Å². The Bertz CT molecular complexity index is 780. The molecule has 1 aromatic rings. The Labute approximate surface area is 182 Å². The van der Waals surface area contributed by atoms with Crippen molar-refractivity contribution in [3.05, 3.63) is 29.8 Å². The highest BCUT2D eigenvalue weighted by Crippen LogP contribution is 2.33. The van der Waals surface area contributed by atoms with Gasteiger partial charge >= 0.3 is 0 Å². The maximum atomic E-state index is 13.0. The van der Waals surface area contributed by atoms with Crippen molar-refractivity contribution in [2.75, 3.05) is 32.7 Å². The van der Waals surface area contributed by atoms with Gasteiger partial charge in [-0.3, -0.25) is 9.69 Å². The maximum absolute atomic E-state index is 13.0. The second kappa shape index (κ2) is 10.7. The van der Waals surface area contributed by atoms with Crippen LogP contribution < -0.4 is 5.32 Å². The van der Waals surface area contributed by atoms with Gasteiger partial charge in [0.1, 0.15) is 0 Å². The molecule has 1 atom stereocenters. The molecule has 1 aromatic carbocycles. The Balaban J connectivity index is 1.52. The number of hydrogen-bond donors (Lipinski definition) is 1. The molecule has 1 amide bonds. The van der Waals surface area contributed by atoms with Crippen molar-refractivity contribution in [3.63, 3.8) is 0 Å². The van der Waals surface area contributed by atoms with Crippen LogP contribution in [0.2, 0.25) is 0 Å². The van der Waals surface area contributed by atoms with Crippen LogP contribution >= 0.6 is 0 Å². The summed E-state index contributed by atoms with van der Waals surface area (Å²) in [6, 6.07) is 7.73. The van der Waals surface area contributed by atoms with Crippen molar-refractivity contribution in [2.24, 2.45) is 0 Å². The van der Waals surface area contributed by atoms with Crippen molar-refractivity contribution in [3.8, 4) is 0 Å². The lowest BCUT2D eigenvalue weighted by Crippen LogP contribution is -2.51. The van der Waals surface area contributed by atoms with E-state index < -0.39 is 10.0 Å². The number of carbonyl (C=O) groups is 1. The predicted octanol–water partition coefficient (Wildman–Crippen LogP) is 3.35. The second-order valence-electron chi connectivity index (χ2n) is 8.84. The number of nitrogens with one attached hydrogen (secondary N) is 1. The zero-order valence-electron chi connectivity index (χ0n) is 18.5. The number of amides is 1. The van der Waals surface area contributed by atoms with E-state index >= 15 is 0 Å². The molecule has 1 saturated carbocycles. The molecule has 30 heavy (non-hydrogen) atoms. The molecule has 1 N–H and O–H groups in total. The van der Waals surface area contributed by atoms with Crippen LogP contribution in [0.25, 0.3) is 0 Å². The minimum atomic E-state index is -3.48. The van der Waals surface area contributed by atoms with Gasteiger partial charge in [-0.25, -0.2) is 8.42 Å². The molecule has 1 saturated heterocycles. The van der Waals surface area contributed by atoms with E-state index in [0.29, 0.717) is 43.5 Å². The Kier molecular flexibility index (Phi) is 8.31. The van der Waals surface area contributed by atoms with E-state index in [0.717, 1.165) is 12.8 Å². The van der Waals surface area contributed by atoms with Gasteiger partial charge < -0.3 is 5.32 Å². The van der Waals surface area contributed by atoms with E-state index in [-0.39, 0.29) is 11.9 Å². The summed E-state index contributed by atoms with van der Waals surface area (Å²) in [6.07, 6.45) is 8.28. The van der Waals surface area contributed by atoms with Crippen molar-refractivity contribution in [1.82, 2.24) is 14.5 Å². The fourth-order valence-electron chi connectivity index (χ4n) is 4.65. The largest absolute Gasteiger partial charge is 0.353 e. The average molecular weight is 436 g/mol.